The minimum absolute atomic E-state index is 0.129. The van der Waals surface area contributed by atoms with E-state index >= 15 is 0 Å². The molecule has 0 atom stereocenters. The van der Waals surface area contributed by atoms with E-state index in [2.05, 4.69) is 10.6 Å². The largest absolute Gasteiger partial charge is 0.381 e. The molecule has 4 nitrogen and oxygen atoms in total. The molecule has 0 aliphatic carbocycles. The first-order valence-electron chi connectivity index (χ1n) is 6.38. The smallest absolute Gasteiger partial charge is 0.221 e. The number of benzene rings is 2. The lowest BCUT2D eigenvalue weighted by atomic mass is 10.1. The van der Waals surface area contributed by atoms with Crippen LogP contribution in [-0.2, 0) is 11.3 Å². The van der Waals surface area contributed by atoms with Crippen molar-refractivity contribution in [2.75, 3.05) is 10.6 Å². The summed E-state index contributed by atoms with van der Waals surface area (Å²) in [6.07, 6.45) is 0. The van der Waals surface area contributed by atoms with Gasteiger partial charge in [0.1, 0.15) is 5.82 Å². The Bertz CT molecular complexity index is 690. The average molecular weight is 283 g/mol. The molecule has 0 radical (unpaired) electrons. The first-order chi connectivity index (χ1) is 10.1. The van der Waals surface area contributed by atoms with Crippen LogP contribution >= 0.6 is 0 Å². The van der Waals surface area contributed by atoms with E-state index in [4.69, 9.17) is 5.26 Å². The molecule has 1 amide bonds. The third kappa shape index (κ3) is 4.05. The van der Waals surface area contributed by atoms with Crippen molar-refractivity contribution in [3.63, 3.8) is 0 Å². The van der Waals surface area contributed by atoms with Crippen molar-refractivity contribution >= 4 is 17.3 Å². The Labute approximate surface area is 122 Å². The normalized spacial score (nSPS) is 9.76. The molecule has 0 unspecified atom stereocenters. The summed E-state index contributed by atoms with van der Waals surface area (Å²) in [5.74, 6) is -0.535. The highest BCUT2D eigenvalue weighted by Gasteiger charge is 2.03. The maximum Gasteiger partial charge on any atom is 0.221 e. The van der Waals surface area contributed by atoms with E-state index < -0.39 is 5.82 Å². The highest BCUT2D eigenvalue weighted by atomic mass is 19.1. The lowest BCUT2D eigenvalue weighted by Crippen LogP contribution is -2.06. The maximum absolute atomic E-state index is 13.7. The van der Waals surface area contributed by atoms with Crippen LogP contribution < -0.4 is 10.6 Å². The number of rotatable bonds is 4. The molecule has 2 N–H and O–H groups in total. The second-order valence-corrected chi connectivity index (χ2v) is 4.53. The van der Waals surface area contributed by atoms with Crippen molar-refractivity contribution in [3.8, 4) is 6.07 Å². The van der Waals surface area contributed by atoms with Gasteiger partial charge in [-0.2, -0.15) is 5.26 Å². The second-order valence-electron chi connectivity index (χ2n) is 4.53. The number of amides is 1. The molecule has 0 bridgehead atoms. The predicted molar refractivity (Wildman–Crippen MR) is 79.2 cm³/mol. The van der Waals surface area contributed by atoms with E-state index in [1.807, 2.05) is 6.07 Å². The number of hydrogen-bond donors (Lipinski definition) is 2. The van der Waals surface area contributed by atoms with Gasteiger partial charge in [-0.15, -0.1) is 0 Å². The summed E-state index contributed by atoms with van der Waals surface area (Å²) in [6, 6.07) is 13.4. The van der Waals surface area contributed by atoms with Gasteiger partial charge in [-0.25, -0.2) is 4.39 Å². The topological polar surface area (TPSA) is 64.9 Å². The van der Waals surface area contributed by atoms with Crippen molar-refractivity contribution in [2.24, 2.45) is 0 Å². The van der Waals surface area contributed by atoms with E-state index in [-0.39, 0.29) is 5.91 Å². The molecular formula is C16H14FN3O. The summed E-state index contributed by atoms with van der Waals surface area (Å²) in [7, 11) is 0. The SMILES string of the molecule is CC(=O)Nc1ccc(NCc2ccc(C#N)cc2F)cc1. The lowest BCUT2D eigenvalue weighted by Gasteiger charge is -2.09. The van der Waals surface area contributed by atoms with Crippen LogP contribution in [0.3, 0.4) is 0 Å². The standard InChI is InChI=1S/C16H14FN3O/c1-11(21)20-15-6-4-14(5-7-15)19-10-13-3-2-12(9-18)8-16(13)17/h2-8,19H,10H2,1H3,(H,20,21). The van der Waals surface area contributed by atoms with Gasteiger partial charge in [0.25, 0.3) is 0 Å². The summed E-state index contributed by atoms with van der Waals surface area (Å²) in [4.78, 5) is 10.9. The maximum atomic E-state index is 13.7. The molecule has 0 heterocycles. The fraction of sp³-hybridized carbons (Fsp3) is 0.125. The highest BCUT2D eigenvalue weighted by Crippen LogP contribution is 2.16. The van der Waals surface area contributed by atoms with Gasteiger partial charge in [0.15, 0.2) is 0 Å². The Kier molecular flexibility index (Phi) is 4.52. The Morgan fingerprint density at radius 2 is 1.86 bits per heavy atom. The molecule has 0 aliphatic rings. The molecular weight excluding hydrogens is 269 g/mol. The molecule has 0 aliphatic heterocycles. The van der Waals surface area contributed by atoms with Crippen molar-refractivity contribution < 1.29 is 9.18 Å². The van der Waals surface area contributed by atoms with Gasteiger partial charge >= 0.3 is 0 Å². The third-order valence-corrected chi connectivity index (χ3v) is 2.87. The van der Waals surface area contributed by atoms with Crippen LogP contribution in [0.5, 0.6) is 0 Å². The van der Waals surface area contributed by atoms with E-state index in [0.717, 1.165) is 5.69 Å². The van der Waals surface area contributed by atoms with Crippen molar-refractivity contribution in [1.29, 1.82) is 5.26 Å². The van der Waals surface area contributed by atoms with Gasteiger partial charge in [0.05, 0.1) is 11.6 Å². The summed E-state index contributed by atoms with van der Waals surface area (Å²) in [5.41, 5.74) is 2.31. The molecule has 0 fully saturated rings. The molecule has 0 saturated carbocycles. The average Bonchev–Trinajstić information content (AvgIpc) is 2.47. The molecule has 0 saturated heterocycles. The number of nitriles is 1. The first kappa shape index (κ1) is 14.5. The number of nitrogens with zero attached hydrogens (tertiary/aromatic N) is 1. The number of nitrogens with one attached hydrogen (secondary N) is 2. The zero-order valence-corrected chi connectivity index (χ0v) is 11.5. The molecule has 2 aromatic carbocycles. The zero-order chi connectivity index (χ0) is 15.2. The van der Waals surface area contributed by atoms with Gasteiger partial charge in [-0.05, 0) is 36.4 Å². The number of carbonyl (C=O) groups excluding carboxylic acids is 1. The van der Waals surface area contributed by atoms with Gasteiger partial charge < -0.3 is 10.6 Å². The van der Waals surface area contributed by atoms with Gasteiger partial charge in [0.2, 0.25) is 5.91 Å². The van der Waals surface area contributed by atoms with Gasteiger partial charge in [0, 0.05) is 30.4 Å². The molecule has 21 heavy (non-hydrogen) atoms. The van der Waals surface area contributed by atoms with Crippen LogP contribution in [0, 0.1) is 17.1 Å². The Morgan fingerprint density at radius 3 is 2.43 bits per heavy atom. The zero-order valence-electron chi connectivity index (χ0n) is 11.5. The van der Waals surface area contributed by atoms with Crippen LogP contribution in [0.4, 0.5) is 15.8 Å². The van der Waals surface area contributed by atoms with Crippen LogP contribution in [0.15, 0.2) is 42.5 Å². The van der Waals surface area contributed by atoms with Crippen molar-refractivity contribution in [1.82, 2.24) is 0 Å². The van der Waals surface area contributed by atoms with Crippen molar-refractivity contribution in [3.05, 3.63) is 59.4 Å². The highest BCUT2D eigenvalue weighted by molar-refractivity contribution is 5.88. The minimum atomic E-state index is -0.406. The third-order valence-electron chi connectivity index (χ3n) is 2.87. The molecule has 5 heteroatoms. The molecule has 2 aromatic rings. The quantitative estimate of drug-likeness (QED) is 0.905. The van der Waals surface area contributed by atoms with Crippen LogP contribution in [-0.4, -0.2) is 5.91 Å². The molecule has 0 aromatic heterocycles. The van der Waals surface area contributed by atoms with Crippen molar-refractivity contribution in [2.45, 2.75) is 13.5 Å². The number of carbonyl (C=O) groups is 1. The summed E-state index contributed by atoms with van der Waals surface area (Å²) in [5, 5.41) is 14.4. The molecule has 106 valence electrons. The number of hydrogen-bond acceptors (Lipinski definition) is 3. The monoisotopic (exact) mass is 283 g/mol. The summed E-state index contributed by atoms with van der Waals surface area (Å²) >= 11 is 0. The van der Waals surface area contributed by atoms with Crippen LogP contribution in [0.2, 0.25) is 0 Å². The van der Waals surface area contributed by atoms with Crippen LogP contribution in [0.25, 0.3) is 0 Å². The number of anilines is 2. The summed E-state index contributed by atoms with van der Waals surface area (Å²) < 4.78 is 13.7. The fourth-order valence-electron chi connectivity index (χ4n) is 1.83. The predicted octanol–water partition coefficient (Wildman–Crippen LogP) is 3.27. The Hall–Kier alpha value is -2.87. The first-order valence-corrected chi connectivity index (χ1v) is 6.38. The lowest BCUT2D eigenvalue weighted by molar-refractivity contribution is -0.114. The minimum Gasteiger partial charge on any atom is -0.381 e. The molecule has 0 spiro atoms. The van der Waals surface area contributed by atoms with Crippen LogP contribution in [0.1, 0.15) is 18.1 Å². The van der Waals surface area contributed by atoms with E-state index in [1.165, 1.54) is 13.0 Å². The van der Waals surface area contributed by atoms with Gasteiger partial charge in [-0.3, -0.25) is 4.79 Å². The number of halogens is 1. The Morgan fingerprint density at radius 1 is 1.19 bits per heavy atom. The van der Waals surface area contributed by atoms with E-state index in [0.29, 0.717) is 23.4 Å². The molecule has 2 rings (SSSR count). The Balaban J connectivity index is 2.00. The fourth-order valence-corrected chi connectivity index (χ4v) is 1.83. The second kappa shape index (κ2) is 6.53. The summed E-state index contributed by atoms with van der Waals surface area (Å²) in [6.45, 7) is 1.76. The van der Waals surface area contributed by atoms with Gasteiger partial charge in [-0.1, -0.05) is 6.07 Å². The van der Waals surface area contributed by atoms with E-state index in [1.54, 1.807) is 36.4 Å². The van der Waals surface area contributed by atoms with E-state index in [9.17, 15) is 9.18 Å².